The van der Waals surface area contributed by atoms with Crippen molar-refractivity contribution < 1.29 is 4.79 Å². The molecule has 0 N–H and O–H groups in total. The van der Waals surface area contributed by atoms with Crippen LogP contribution in [0.5, 0.6) is 0 Å². The van der Waals surface area contributed by atoms with E-state index in [1.165, 1.54) is 16.3 Å². The lowest BCUT2D eigenvalue weighted by molar-refractivity contribution is -0.133. The second-order valence-corrected chi connectivity index (χ2v) is 7.42. The van der Waals surface area contributed by atoms with Crippen molar-refractivity contribution in [3.8, 4) is 0 Å². The number of hydrogen-bond acceptors (Lipinski definition) is 2. The summed E-state index contributed by atoms with van der Waals surface area (Å²) >= 11 is 3.50. The molecule has 1 unspecified atom stereocenters. The van der Waals surface area contributed by atoms with Gasteiger partial charge in [0.15, 0.2) is 0 Å². The minimum absolute atomic E-state index is 0.143. The third-order valence-corrected chi connectivity index (χ3v) is 7.69. The van der Waals surface area contributed by atoms with Crippen LogP contribution in [0.4, 0.5) is 0 Å². The highest BCUT2D eigenvalue weighted by Crippen LogP contribution is 2.06. The number of carbonyl (C=O) groups is 1. The molecule has 1 aliphatic heterocycles. The molecule has 3 nitrogen and oxygen atoms in total. The molecule has 1 aliphatic rings. The first-order valence-corrected chi connectivity index (χ1v) is 10.6. The van der Waals surface area contributed by atoms with E-state index in [0.717, 1.165) is 6.54 Å². The average molecular weight is 296 g/mol. The van der Waals surface area contributed by atoms with Gasteiger partial charge in [-0.15, -0.1) is 0 Å². The van der Waals surface area contributed by atoms with Gasteiger partial charge in [-0.05, 0) is 4.90 Å². The van der Waals surface area contributed by atoms with Crippen molar-refractivity contribution in [3.63, 3.8) is 0 Å². The average Bonchev–Trinajstić information content (AvgIpc) is 1.97. The zero-order valence-electron chi connectivity index (χ0n) is 6.88. The molecule has 0 bridgehead atoms. The molecule has 0 aromatic carbocycles. The summed E-state index contributed by atoms with van der Waals surface area (Å²) in [5.41, 5.74) is 0. The van der Waals surface area contributed by atoms with Crippen LogP contribution in [0, 0.1) is 0 Å². The van der Waals surface area contributed by atoms with E-state index in [4.69, 9.17) is 0 Å². The van der Waals surface area contributed by atoms with E-state index in [9.17, 15) is 4.79 Å². The van der Waals surface area contributed by atoms with Crippen LogP contribution in [0.25, 0.3) is 0 Å². The van der Waals surface area contributed by atoms with Gasteiger partial charge in [-0.2, -0.15) is 20.3 Å². The lowest BCUT2D eigenvalue weighted by atomic mass is 10.4. The Bertz CT molecular complexity index is 169. The van der Waals surface area contributed by atoms with E-state index in [2.05, 4.69) is 24.2 Å². The number of piperazine rings is 1. The summed E-state index contributed by atoms with van der Waals surface area (Å²) in [7, 11) is 1.90. The van der Waals surface area contributed by atoms with Crippen LogP contribution < -0.4 is 0 Å². The van der Waals surface area contributed by atoms with Crippen molar-refractivity contribution >= 4 is 54.6 Å². The zero-order chi connectivity index (χ0) is 8.43. The minimum Gasteiger partial charge on any atom is -0.379 e. The molecule has 1 rings (SSSR count). The van der Waals surface area contributed by atoms with Crippen molar-refractivity contribution in [2.45, 2.75) is 4.90 Å². The molecule has 11 heavy (non-hydrogen) atoms. The highest BCUT2D eigenvalue weighted by Gasteiger charge is 2.25. The molecule has 0 aliphatic carbocycles. The Morgan fingerprint density at radius 2 is 2.45 bits per heavy atom. The Hall–Kier alpha value is 1.22. The van der Waals surface area contributed by atoms with E-state index in [0.29, 0.717) is 17.4 Å². The summed E-state index contributed by atoms with van der Waals surface area (Å²) < 4.78 is 2.38. The highest BCUT2D eigenvalue weighted by atomic mass is 127. The Morgan fingerprint density at radius 3 is 3.00 bits per heavy atom. The van der Waals surface area contributed by atoms with E-state index < -0.39 is 0 Å². The van der Waals surface area contributed by atoms with Crippen LogP contribution in [-0.2, 0) is 4.79 Å². The third-order valence-electron chi connectivity index (χ3n) is 2.08. The predicted molar refractivity (Wildman–Crippen MR) is 57.8 cm³/mol. The molecular weight excluding hydrogens is 285 g/mol. The standard InChI is InChI=1S/C5H8N2O.2Al.HI.3H/c1-7-3-2-6-4-5(7)8;;;;;;/h2H,3-4H2,1H3;;;1H;;;/q-1;;+2;;;;/p-1. The maximum absolute atomic E-state index is 11.2. The summed E-state index contributed by atoms with van der Waals surface area (Å²) in [6.07, 6.45) is 0. The Kier molecular flexibility index (Phi) is 4.18. The van der Waals surface area contributed by atoms with E-state index >= 15 is 0 Å². The maximum Gasteiger partial charge on any atom is 0.439 e. The fourth-order valence-corrected chi connectivity index (χ4v) is 8.10. The molecule has 6 heteroatoms. The molecule has 0 spiro atoms. The molecule has 0 radical (unpaired) electrons. The summed E-state index contributed by atoms with van der Waals surface area (Å²) in [5.74, 6) is 0.293. The van der Waals surface area contributed by atoms with Crippen molar-refractivity contribution in [2.75, 3.05) is 20.1 Å². The molecule has 1 saturated heterocycles. The number of likely N-dealkylation sites (N-methyl/N-ethyl adjacent to an activating group) is 1. The summed E-state index contributed by atoms with van der Waals surface area (Å²) in [6, 6.07) is 0. The molecule has 0 aromatic heterocycles. The van der Waals surface area contributed by atoms with Gasteiger partial charge in [0, 0.05) is 13.6 Å². The smallest absolute Gasteiger partial charge is 0.379 e. The number of rotatable bonds is 1. The number of nitrogens with zero attached hydrogens (tertiary/aromatic N) is 2. The molecule has 1 fully saturated rings. The second kappa shape index (κ2) is 4.46. The lowest BCUT2D eigenvalue weighted by Gasteiger charge is -2.37. The van der Waals surface area contributed by atoms with Crippen molar-refractivity contribution in [1.82, 2.24) is 8.78 Å². The molecule has 1 amide bonds. The molecular formula is C5H11Al2IN2O. The monoisotopic (exact) mass is 296 g/mol. The van der Waals surface area contributed by atoms with Gasteiger partial charge < -0.3 is 8.78 Å². The van der Waals surface area contributed by atoms with Crippen LogP contribution in [0.2, 0.25) is 0 Å². The van der Waals surface area contributed by atoms with Crippen LogP contribution in [-0.4, -0.2) is 68.2 Å². The van der Waals surface area contributed by atoms with E-state index in [1.54, 1.807) is 0 Å². The summed E-state index contributed by atoms with van der Waals surface area (Å²) in [4.78, 5) is 13.8. The Labute approximate surface area is 92.5 Å². The van der Waals surface area contributed by atoms with Gasteiger partial charge in [-0.1, -0.05) is 0 Å². The SMILES string of the molecule is CN1C[CH]([AlH2])[N]([AlH][I])CC1=O. The third kappa shape index (κ3) is 2.58. The topological polar surface area (TPSA) is 23.6 Å². The van der Waals surface area contributed by atoms with Gasteiger partial charge in [0.25, 0.3) is 0 Å². The number of carbonyl (C=O) groups excluding carboxylic acids is 1. The highest BCUT2D eigenvalue weighted by molar-refractivity contribution is 14.1. The quantitative estimate of drug-likeness (QED) is 0.431. The molecule has 1 heterocycles. The van der Waals surface area contributed by atoms with E-state index in [1.807, 2.05) is 11.9 Å². The lowest BCUT2D eigenvalue weighted by Crippen LogP contribution is -2.55. The second-order valence-electron chi connectivity index (χ2n) is 2.99. The molecule has 60 valence electrons. The van der Waals surface area contributed by atoms with Crippen LogP contribution in [0.15, 0.2) is 0 Å². The van der Waals surface area contributed by atoms with E-state index in [-0.39, 0.29) is 12.2 Å². The van der Waals surface area contributed by atoms with Crippen LogP contribution >= 0.6 is 20.3 Å². The summed E-state index contributed by atoms with van der Waals surface area (Å²) in [5, 5.41) is 0. The minimum atomic E-state index is -0.143. The Morgan fingerprint density at radius 1 is 1.82 bits per heavy atom. The largest absolute Gasteiger partial charge is 0.439 e. The van der Waals surface area contributed by atoms with Crippen LogP contribution in [0.1, 0.15) is 0 Å². The van der Waals surface area contributed by atoms with Gasteiger partial charge >= 0.3 is 12.2 Å². The number of hydrogen-bond donors (Lipinski definition) is 0. The normalized spacial score (nSPS) is 27.3. The van der Waals surface area contributed by atoms with Crippen LogP contribution in [0.3, 0.4) is 0 Å². The fourth-order valence-electron chi connectivity index (χ4n) is 1.22. The maximum atomic E-state index is 11.2. The van der Waals surface area contributed by atoms with Crippen molar-refractivity contribution in [3.05, 3.63) is 0 Å². The first-order chi connectivity index (χ1) is 5.15. The van der Waals surface area contributed by atoms with Crippen molar-refractivity contribution in [1.29, 1.82) is 0 Å². The zero-order valence-corrected chi connectivity index (χ0v) is 12.5. The first-order valence-electron chi connectivity index (χ1n) is 3.69. The van der Waals surface area contributed by atoms with Gasteiger partial charge in [-0.25, -0.2) is 0 Å². The van der Waals surface area contributed by atoms with Gasteiger partial charge in [-0.3, -0.25) is 4.79 Å². The molecule has 0 aromatic rings. The molecule has 1 atom stereocenters. The van der Waals surface area contributed by atoms with Gasteiger partial charge in [0.1, 0.15) is 0 Å². The summed E-state index contributed by atoms with van der Waals surface area (Å²) in [6.45, 7) is 1.64. The predicted octanol–water partition coefficient (Wildman–Crippen LogP) is -1.58. The Balaban J connectivity index is 2.54. The number of halogens is 1. The number of amides is 1. The van der Waals surface area contributed by atoms with Gasteiger partial charge in [0.2, 0.25) is 22.2 Å². The fraction of sp³-hybridized carbons (Fsp3) is 0.800. The van der Waals surface area contributed by atoms with Crippen molar-refractivity contribution in [2.24, 2.45) is 0 Å². The molecule has 0 saturated carbocycles. The first kappa shape index (κ1) is 10.3. The van der Waals surface area contributed by atoms with Gasteiger partial charge in [0.05, 0.1) is 6.54 Å².